The van der Waals surface area contributed by atoms with Gasteiger partial charge in [0.05, 0.1) is 12.7 Å². The summed E-state index contributed by atoms with van der Waals surface area (Å²) in [5, 5.41) is 4.67. The molecular formula is C20H18ClN3O3. The molecule has 3 aromatic rings. The van der Waals surface area contributed by atoms with Crippen LogP contribution in [0, 0.1) is 0 Å². The molecule has 1 saturated heterocycles. The number of aromatic nitrogens is 2. The third-order valence-electron chi connectivity index (χ3n) is 4.66. The van der Waals surface area contributed by atoms with Crippen LogP contribution in [-0.4, -0.2) is 34.6 Å². The molecule has 4 rings (SSSR count). The van der Waals surface area contributed by atoms with Gasteiger partial charge in [-0.15, -0.1) is 0 Å². The highest BCUT2D eigenvalue weighted by Crippen LogP contribution is 2.34. The molecule has 2 heterocycles. The van der Waals surface area contributed by atoms with Gasteiger partial charge in [-0.3, -0.25) is 4.79 Å². The average Bonchev–Trinajstić information content (AvgIpc) is 3.36. The van der Waals surface area contributed by atoms with Gasteiger partial charge < -0.3 is 14.2 Å². The first-order chi connectivity index (χ1) is 13.2. The van der Waals surface area contributed by atoms with Crippen molar-refractivity contribution >= 4 is 17.5 Å². The molecule has 1 aromatic heterocycles. The van der Waals surface area contributed by atoms with Gasteiger partial charge in [0, 0.05) is 17.1 Å². The van der Waals surface area contributed by atoms with Crippen molar-refractivity contribution in [2.75, 3.05) is 13.7 Å². The van der Waals surface area contributed by atoms with E-state index in [1.807, 2.05) is 24.3 Å². The molecule has 0 bridgehead atoms. The maximum Gasteiger partial charge on any atom is 0.258 e. The average molecular weight is 384 g/mol. The molecule has 6 nitrogen and oxygen atoms in total. The minimum absolute atomic E-state index is 0.0996. The highest BCUT2D eigenvalue weighted by molar-refractivity contribution is 6.30. The lowest BCUT2D eigenvalue weighted by Crippen LogP contribution is -2.31. The van der Waals surface area contributed by atoms with Crippen molar-refractivity contribution in [1.82, 2.24) is 15.0 Å². The molecule has 0 aliphatic carbocycles. The topological polar surface area (TPSA) is 68.5 Å². The highest BCUT2D eigenvalue weighted by Gasteiger charge is 2.35. The molecule has 0 spiro atoms. The summed E-state index contributed by atoms with van der Waals surface area (Å²) in [4.78, 5) is 19.4. The number of rotatable bonds is 4. The Kier molecular flexibility index (Phi) is 4.81. The number of likely N-dealkylation sites (tertiary alicyclic amines) is 1. The Bertz CT molecular complexity index is 972. The number of carbonyl (C=O) groups is 1. The van der Waals surface area contributed by atoms with Crippen LogP contribution in [0.15, 0.2) is 53.1 Å². The number of hydrogen-bond donors (Lipinski definition) is 0. The largest absolute Gasteiger partial charge is 0.496 e. The summed E-state index contributed by atoms with van der Waals surface area (Å²) in [6.07, 6.45) is 1.65. The van der Waals surface area contributed by atoms with E-state index in [2.05, 4.69) is 10.1 Å². The second kappa shape index (κ2) is 7.40. The number of carbonyl (C=O) groups excluding carboxylic acids is 1. The second-order valence-corrected chi connectivity index (χ2v) is 6.76. The Morgan fingerprint density at radius 3 is 2.93 bits per heavy atom. The predicted molar refractivity (Wildman–Crippen MR) is 101 cm³/mol. The van der Waals surface area contributed by atoms with Gasteiger partial charge >= 0.3 is 0 Å². The lowest BCUT2D eigenvalue weighted by atomic mass is 10.1. The van der Waals surface area contributed by atoms with Crippen LogP contribution in [0.25, 0.3) is 11.4 Å². The SMILES string of the molecule is COc1ccccc1C(=O)N1CCC[C@@H]1c1nc(-c2cccc(Cl)c2)no1. The Labute approximate surface area is 161 Å². The van der Waals surface area contributed by atoms with Crippen LogP contribution in [0.1, 0.15) is 35.1 Å². The molecule has 7 heteroatoms. The lowest BCUT2D eigenvalue weighted by molar-refractivity contribution is 0.0706. The number of ether oxygens (including phenoxy) is 1. The summed E-state index contributed by atoms with van der Waals surface area (Å²) in [7, 11) is 1.56. The molecule has 0 unspecified atom stereocenters. The number of nitrogens with zero attached hydrogens (tertiary/aromatic N) is 3. The van der Waals surface area contributed by atoms with Crippen molar-refractivity contribution in [3.05, 3.63) is 65.0 Å². The summed E-state index contributed by atoms with van der Waals surface area (Å²) < 4.78 is 10.8. The van der Waals surface area contributed by atoms with Crippen molar-refractivity contribution in [3.8, 4) is 17.1 Å². The Morgan fingerprint density at radius 2 is 2.11 bits per heavy atom. The first-order valence-electron chi connectivity index (χ1n) is 8.71. The quantitative estimate of drug-likeness (QED) is 0.668. The van der Waals surface area contributed by atoms with Crippen LogP contribution < -0.4 is 4.74 Å². The van der Waals surface area contributed by atoms with Crippen molar-refractivity contribution in [2.24, 2.45) is 0 Å². The Hall–Kier alpha value is -2.86. The zero-order valence-electron chi connectivity index (χ0n) is 14.8. The van der Waals surface area contributed by atoms with Crippen LogP contribution in [0.5, 0.6) is 5.75 Å². The third kappa shape index (κ3) is 3.40. The maximum atomic E-state index is 13.1. The molecule has 2 aromatic carbocycles. The predicted octanol–water partition coefficient (Wildman–Crippen LogP) is 4.38. The van der Waals surface area contributed by atoms with Crippen LogP contribution in [0.4, 0.5) is 0 Å². The number of amides is 1. The highest BCUT2D eigenvalue weighted by atomic mass is 35.5. The Morgan fingerprint density at radius 1 is 1.26 bits per heavy atom. The Balaban J connectivity index is 1.61. The van der Waals surface area contributed by atoms with Gasteiger partial charge in [-0.1, -0.05) is 41.0 Å². The molecule has 0 N–H and O–H groups in total. The monoisotopic (exact) mass is 383 g/mol. The van der Waals surface area contributed by atoms with Gasteiger partial charge in [-0.25, -0.2) is 0 Å². The lowest BCUT2D eigenvalue weighted by Gasteiger charge is -2.22. The van der Waals surface area contributed by atoms with Gasteiger partial charge in [0.25, 0.3) is 5.91 Å². The third-order valence-corrected chi connectivity index (χ3v) is 4.90. The maximum absolute atomic E-state index is 13.1. The van der Waals surface area contributed by atoms with E-state index in [9.17, 15) is 4.79 Å². The molecule has 0 radical (unpaired) electrons. The summed E-state index contributed by atoms with van der Waals surface area (Å²) in [6.45, 7) is 0.635. The normalized spacial score (nSPS) is 16.5. The fourth-order valence-electron chi connectivity index (χ4n) is 3.36. The van der Waals surface area contributed by atoms with E-state index in [-0.39, 0.29) is 11.9 Å². The van der Waals surface area contributed by atoms with Crippen molar-refractivity contribution in [1.29, 1.82) is 0 Å². The number of methoxy groups -OCH3 is 1. The van der Waals surface area contributed by atoms with E-state index in [1.54, 1.807) is 36.3 Å². The smallest absolute Gasteiger partial charge is 0.258 e. The van der Waals surface area contributed by atoms with Crippen LogP contribution in [0.3, 0.4) is 0 Å². The van der Waals surface area contributed by atoms with Gasteiger partial charge in [-0.05, 0) is 37.1 Å². The number of hydrogen-bond acceptors (Lipinski definition) is 5. The standard InChI is InChI=1S/C20H18ClN3O3/c1-26-17-10-3-2-8-15(17)20(25)24-11-5-9-16(24)19-22-18(23-27-19)13-6-4-7-14(21)12-13/h2-4,6-8,10,12,16H,5,9,11H2,1H3/t16-/m1/s1. The summed E-state index contributed by atoms with van der Waals surface area (Å²) >= 11 is 6.04. The van der Waals surface area contributed by atoms with E-state index in [0.29, 0.717) is 34.6 Å². The number of para-hydroxylation sites is 1. The molecule has 0 saturated carbocycles. The second-order valence-electron chi connectivity index (χ2n) is 6.32. The first kappa shape index (κ1) is 17.5. The fourth-order valence-corrected chi connectivity index (χ4v) is 3.55. The minimum atomic E-state index is -0.247. The van der Waals surface area contributed by atoms with E-state index in [4.69, 9.17) is 20.9 Å². The van der Waals surface area contributed by atoms with E-state index < -0.39 is 0 Å². The van der Waals surface area contributed by atoms with Gasteiger partial charge in [-0.2, -0.15) is 4.98 Å². The van der Waals surface area contributed by atoms with Crippen LogP contribution in [-0.2, 0) is 0 Å². The van der Waals surface area contributed by atoms with Crippen LogP contribution in [0.2, 0.25) is 5.02 Å². The van der Waals surface area contributed by atoms with Crippen molar-refractivity contribution < 1.29 is 14.1 Å². The number of benzene rings is 2. The van der Waals surface area contributed by atoms with Crippen molar-refractivity contribution in [2.45, 2.75) is 18.9 Å². The molecular weight excluding hydrogens is 366 g/mol. The molecule has 1 fully saturated rings. The molecule has 1 atom stereocenters. The minimum Gasteiger partial charge on any atom is -0.496 e. The van der Waals surface area contributed by atoms with E-state index in [0.717, 1.165) is 18.4 Å². The zero-order valence-corrected chi connectivity index (χ0v) is 15.5. The fraction of sp³-hybridized carbons (Fsp3) is 0.250. The summed E-state index contributed by atoms with van der Waals surface area (Å²) in [6, 6.07) is 14.2. The van der Waals surface area contributed by atoms with E-state index in [1.165, 1.54) is 0 Å². The van der Waals surface area contributed by atoms with Crippen LogP contribution >= 0.6 is 11.6 Å². The van der Waals surface area contributed by atoms with Gasteiger partial charge in [0.15, 0.2) is 0 Å². The van der Waals surface area contributed by atoms with Crippen molar-refractivity contribution in [3.63, 3.8) is 0 Å². The zero-order chi connectivity index (χ0) is 18.8. The van der Waals surface area contributed by atoms with E-state index >= 15 is 0 Å². The molecule has 138 valence electrons. The molecule has 1 aliphatic rings. The molecule has 27 heavy (non-hydrogen) atoms. The molecule has 1 amide bonds. The van der Waals surface area contributed by atoms with Gasteiger partial charge in [0.2, 0.25) is 11.7 Å². The van der Waals surface area contributed by atoms with Gasteiger partial charge in [0.1, 0.15) is 11.8 Å². The summed E-state index contributed by atoms with van der Waals surface area (Å²) in [5.41, 5.74) is 1.31. The summed E-state index contributed by atoms with van der Waals surface area (Å²) in [5.74, 6) is 1.35. The molecule has 1 aliphatic heterocycles. The number of halogens is 1. The first-order valence-corrected chi connectivity index (χ1v) is 9.08.